The average Bonchev–Trinajstić information content (AvgIpc) is 2.90. The lowest BCUT2D eigenvalue weighted by Crippen LogP contribution is -3.00. The number of hydrogen-bond donors (Lipinski definition) is 2. The summed E-state index contributed by atoms with van der Waals surface area (Å²) in [6, 6.07) is 18.5. The highest BCUT2D eigenvalue weighted by atomic mass is 127. The molecular formula is C31H34IN3O3. The lowest BCUT2D eigenvalue weighted by Gasteiger charge is -2.29. The molecule has 0 saturated heterocycles. The van der Waals surface area contributed by atoms with Gasteiger partial charge in [-0.1, -0.05) is 30.4 Å². The van der Waals surface area contributed by atoms with Crippen LogP contribution in [0, 0.1) is 0 Å². The molecule has 38 heavy (non-hydrogen) atoms. The van der Waals surface area contributed by atoms with Crippen LogP contribution in [0.4, 0.5) is 11.4 Å². The maximum atomic E-state index is 12.2. The zero-order valence-corrected chi connectivity index (χ0v) is 24.0. The normalized spacial score (nSPS) is 13.5. The van der Waals surface area contributed by atoms with Gasteiger partial charge in [-0.3, -0.25) is 9.59 Å². The van der Waals surface area contributed by atoms with Crippen LogP contribution in [0.3, 0.4) is 0 Å². The van der Waals surface area contributed by atoms with Crippen LogP contribution in [-0.4, -0.2) is 23.5 Å². The number of carboxylic acids is 1. The summed E-state index contributed by atoms with van der Waals surface area (Å²) in [5.41, 5.74) is 6.56. The van der Waals surface area contributed by atoms with Crippen LogP contribution in [0.1, 0.15) is 50.8 Å². The number of aliphatic carboxylic acids is 1. The fourth-order valence-electron chi connectivity index (χ4n) is 4.72. The topological polar surface area (TPSA) is 73.5 Å². The van der Waals surface area contributed by atoms with Crippen LogP contribution < -0.4 is 38.8 Å². The van der Waals surface area contributed by atoms with Crippen molar-refractivity contribution in [3.8, 4) is 0 Å². The number of unbranched alkanes of at least 4 members (excludes halogenated alkanes) is 1. The molecule has 1 amide bonds. The number of carbonyl (C=O) groups excluding carboxylic acids is 1. The number of hydrogen-bond acceptors (Lipinski definition) is 3. The van der Waals surface area contributed by atoms with Gasteiger partial charge in [0, 0.05) is 60.1 Å². The van der Waals surface area contributed by atoms with Gasteiger partial charge in [-0.15, -0.1) is 0 Å². The number of benzene rings is 2. The minimum atomic E-state index is -0.829. The number of amides is 1. The Hall–Kier alpha value is -3.46. The van der Waals surface area contributed by atoms with E-state index in [9.17, 15) is 9.59 Å². The van der Waals surface area contributed by atoms with E-state index in [1.807, 2.05) is 18.2 Å². The number of nitrogens with one attached hydrogen (secondary N) is 1. The van der Waals surface area contributed by atoms with Crippen LogP contribution >= 0.6 is 0 Å². The maximum absolute atomic E-state index is 12.2. The van der Waals surface area contributed by atoms with Crippen LogP contribution in [0.2, 0.25) is 0 Å². The van der Waals surface area contributed by atoms with Crippen molar-refractivity contribution in [3.05, 3.63) is 89.8 Å². The predicted molar refractivity (Wildman–Crippen MR) is 150 cm³/mol. The van der Waals surface area contributed by atoms with Crippen molar-refractivity contribution in [2.75, 3.05) is 16.8 Å². The van der Waals surface area contributed by atoms with E-state index in [0.29, 0.717) is 19.3 Å². The molecule has 0 atom stereocenters. The number of rotatable bonds is 10. The van der Waals surface area contributed by atoms with Gasteiger partial charge in [0.05, 0.1) is 0 Å². The molecule has 7 heteroatoms. The van der Waals surface area contributed by atoms with Gasteiger partial charge in [0.25, 0.3) is 0 Å². The van der Waals surface area contributed by atoms with Crippen molar-refractivity contribution in [3.63, 3.8) is 0 Å². The Labute approximate surface area is 241 Å². The lowest BCUT2D eigenvalue weighted by atomic mass is 10.1. The molecule has 0 unspecified atom stereocenters. The monoisotopic (exact) mass is 623 g/mol. The van der Waals surface area contributed by atoms with Gasteiger partial charge in [-0.25, -0.2) is 0 Å². The number of carboxylic acid groups (broad SMARTS) is 1. The third-order valence-corrected chi connectivity index (χ3v) is 6.53. The number of anilines is 2. The van der Waals surface area contributed by atoms with E-state index in [1.165, 1.54) is 11.3 Å². The van der Waals surface area contributed by atoms with E-state index in [4.69, 9.17) is 5.11 Å². The van der Waals surface area contributed by atoms with Crippen LogP contribution in [-0.2, 0) is 16.1 Å². The molecule has 2 N–H and O–H groups in total. The van der Waals surface area contributed by atoms with Crippen molar-refractivity contribution in [1.29, 1.82) is 0 Å². The molecule has 198 valence electrons. The van der Waals surface area contributed by atoms with Crippen LogP contribution in [0.5, 0.6) is 0 Å². The first kappa shape index (κ1) is 29.1. The molecule has 0 bridgehead atoms. The second kappa shape index (κ2) is 13.9. The first-order valence-corrected chi connectivity index (χ1v) is 12.9. The minimum Gasteiger partial charge on any atom is -1.00 e. The number of aromatic nitrogens is 1. The van der Waals surface area contributed by atoms with E-state index in [-0.39, 0.29) is 36.3 Å². The highest BCUT2D eigenvalue weighted by Gasteiger charge is 2.16. The largest absolute Gasteiger partial charge is 1.00 e. The summed E-state index contributed by atoms with van der Waals surface area (Å²) in [5, 5.41) is 12.7. The van der Waals surface area contributed by atoms with Gasteiger partial charge in [-0.2, -0.15) is 4.57 Å². The van der Waals surface area contributed by atoms with E-state index < -0.39 is 5.97 Å². The molecule has 0 spiro atoms. The summed E-state index contributed by atoms with van der Waals surface area (Å²) in [6.07, 6.45) is 12.2. The molecule has 1 aliphatic rings. The average molecular weight is 624 g/mol. The van der Waals surface area contributed by atoms with Gasteiger partial charge < -0.3 is 39.3 Å². The summed E-state index contributed by atoms with van der Waals surface area (Å²) in [4.78, 5) is 25.2. The SMILES string of the molecule is CCN1/C(=C/C=C/c2ccc3cc(NC(=O)CCCCC(=O)O)ccc3[n+]2CC)C=Cc2ccccc21.[I-]. The smallest absolute Gasteiger partial charge is 0.303 e. The van der Waals surface area contributed by atoms with Gasteiger partial charge >= 0.3 is 5.97 Å². The number of nitrogens with zero attached hydrogens (tertiary/aromatic N) is 2. The lowest BCUT2D eigenvalue weighted by molar-refractivity contribution is -0.669. The fourth-order valence-corrected chi connectivity index (χ4v) is 4.72. The molecule has 6 nitrogen and oxygen atoms in total. The zero-order valence-electron chi connectivity index (χ0n) is 21.9. The van der Waals surface area contributed by atoms with Crippen molar-refractivity contribution in [2.45, 2.75) is 46.1 Å². The van der Waals surface area contributed by atoms with Crippen molar-refractivity contribution >= 4 is 46.3 Å². The first-order chi connectivity index (χ1) is 18.0. The van der Waals surface area contributed by atoms with E-state index in [0.717, 1.165) is 41.1 Å². The number of likely N-dealkylation sites (N-methyl/N-ethyl adjacent to an activating group) is 1. The summed E-state index contributed by atoms with van der Waals surface area (Å²) < 4.78 is 2.26. The highest BCUT2D eigenvalue weighted by molar-refractivity contribution is 5.93. The Morgan fingerprint density at radius 1 is 1.00 bits per heavy atom. The first-order valence-electron chi connectivity index (χ1n) is 12.9. The van der Waals surface area contributed by atoms with E-state index in [1.54, 1.807) is 0 Å². The maximum Gasteiger partial charge on any atom is 0.303 e. The van der Waals surface area contributed by atoms with Crippen LogP contribution in [0.25, 0.3) is 23.1 Å². The van der Waals surface area contributed by atoms with Gasteiger partial charge in [0.2, 0.25) is 17.1 Å². The Kier molecular flexibility index (Phi) is 10.6. The van der Waals surface area contributed by atoms with Gasteiger partial charge in [0.1, 0.15) is 6.54 Å². The molecular weight excluding hydrogens is 589 g/mol. The quantitative estimate of drug-likeness (QED) is 0.207. The van der Waals surface area contributed by atoms with E-state index >= 15 is 0 Å². The zero-order chi connectivity index (χ0) is 26.2. The molecule has 2 heterocycles. The van der Waals surface area contributed by atoms with Gasteiger partial charge in [-0.05, 0) is 68.7 Å². The van der Waals surface area contributed by atoms with Crippen molar-refractivity contribution < 1.29 is 43.2 Å². The second-order valence-corrected chi connectivity index (χ2v) is 9.01. The highest BCUT2D eigenvalue weighted by Crippen LogP contribution is 2.30. The molecule has 0 fully saturated rings. The third kappa shape index (κ3) is 7.10. The predicted octanol–water partition coefficient (Wildman–Crippen LogP) is 3.19. The second-order valence-electron chi connectivity index (χ2n) is 9.01. The summed E-state index contributed by atoms with van der Waals surface area (Å²) >= 11 is 0. The number of halogens is 1. The van der Waals surface area contributed by atoms with Crippen molar-refractivity contribution in [2.24, 2.45) is 0 Å². The fraction of sp³-hybridized carbons (Fsp3) is 0.258. The van der Waals surface area contributed by atoms with Crippen LogP contribution in [0.15, 0.2) is 78.5 Å². The van der Waals surface area contributed by atoms with Crippen molar-refractivity contribution in [1.82, 2.24) is 0 Å². The Balaban J connectivity index is 0.00000400. The summed E-state index contributed by atoms with van der Waals surface area (Å²) in [6.45, 7) is 6.00. The van der Waals surface area contributed by atoms with E-state index in [2.05, 4.69) is 95.4 Å². The number of fused-ring (bicyclic) bond motifs is 2. The molecule has 1 aromatic heterocycles. The molecule has 0 aliphatic carbocycles. The molecule has 1 aliphatic heterocycles. The number of para-hydroxylation sites is 1. The molecule has 0 radical (unpaired) electrons. The minimum absolute atomic E-state index is 0. The Morgan fingerprint density at radius 3 is 2.55 bits per heavy atom. The standard InChI is InChI=1S/C31H33N3O3.HI/c1-3-33-26(19-16-23-10-5-6-13-28(23)33)11-9-12-27-20-17-24-22-25(18-21-29(24)34(27)4-2)32-30(35)14-7-8-15-31(36)37;/h5-6,9-13,16-22H,3-4,7-8,14-15H2,1-2H3,(H-,32,35,36,37);1H. The third-order valence-electron chi connectivity index (χ3n) is 6.53. The molecule has 3 aromatic rings. The number of aryl methyl sites for hydroxylation is 1. The summed E-state index contributed by atoms with van der Waals surface area (Å²) in [5.74, 6) is -0.925. The Bertz CT molecular complexity index is 1390. The molecule has 2 aromatic carbocycles. The summed E-state index contributed by atoms with van der Waals surface area (Å²) in [7, 11) is 0. The molecule has 4 rings (SSSR count). The number of pyridine rings is 1. The molecule has 0 saturated carbocycles. The number of carbonyl (C=O) groups is 2. The Morgan fingerprint density at radius 2 is 1.79 bits per heavy atom. The number of allylic oxidation sites excluding steroid dienone is 3. The van der Waals surface area contributed by atoms with Gasteiger partial charge in [0.15, 0.2) is 0 Å².